The van der Waals surface area contributed by atoms with Crippen molar-refractivity contribution in [2.45, 2.75) is 20.3 Å². The van der Waals surface area contributed by atoms with Gasteiger partial charge in [0.2, 0.25) is 0 Å². The molecule has 0 saturated heterocycles. The van der Waals surface area contributed by atoms with Crippen LogP contribution in [0.2, 0.25) is 0 Å². The van der Waals surface area contributed by atoms with E-state index in [1.807, 2.05) is 6.20 Å². The maximum atomic E-state index is 4.59. The number of anilines is 1. The molecule has 0 amide bonds. The molecule has 90 valence electrons. The van der Waals surface area contributed by atoms with E-state index in [2.05, 4.69) is 63.2 Å². The maximum Gasteiger partial charge on any atom is 0.171 e. The van der Waals surface area contributed by atoms with Crippen molar-refractivity contribution in [3.05, 3.63) is 26.8 Å². The standard InChI is InChI=1S/C12H14IN3S/c1-3-5-14-11-9(13)7-15-12(16-11)10-8(2)4-6-17-10/h4,6-7H,3,5H2,1-2H3,(H,14,15,16). The predicted molar refractivity (Wildman–Crippen MR) is 81.6 cm³/mol. The Hall–Kier alpha value is -0.690. The third-order valence-electron chi connectivity index (χ3n) is 2.35. The number of aromatic nitrogens is 2. The van der Waals surface area contributed by atoms with Gasteiger partial charge in [-0.3, -0.25) is 0 Å². The minimum atomic E-state index is 0.816. The lowest BCUT2D eigenvalue weighted by atomic mass is 10.3. The fraction of sp³-hybridized carbons (Fsp3) is 0.333. The third-order valence-corrected chi connectivity index (χ3v) is 4.15. The molecule has 0 spiro atoms. The van der Waals surface area contributed by atoms with Gasteiger partial charge < -0.3 is 5.32 Å². The summed E-state index contributed by atoms with van der Waals surface area (Å²) in [6, 6.07) is 2.10. The molecule has 17 heavy (non-hydrogen) atoms. The zero-order valence-electron chi connectivity index (χ0n) is 9.83. The largest absolute Gasteiger partial charge is 0.369 e. The Labute approximate surface area is 119 Å². The van der Waals surface area contributed by atoms with Crippen molar-refractivity contribution in [2.24, 2.45) is 0 Å². The van der Waals surface area contributed by atoms with Crippen LogP contribution in [0, 0.1) is 10.5 Å². The summed E-state index contributed by atoms with van der Waals surface area (Å²) in [7, 11) is 0. The van der Waals surface area contributed by atoms with Crippen LogP contribution < -0.4 is 5.32 Å². The zero-order valence-corrected chi connectivity index (χ0v) is 12.8. The van der Waals surface area contributed by atoms with E-state index < -0.39 is 0 Å². The topological polar surface area (TPSA) is 37.8 Å². The number of nitrogens with one attached hydrogen (secondary N) is 1. The van der Waals surface area contributed by atoms with Crippen molar-refractivity contribution < 1.29 is 0 Å². The molecule has 0 aliphatic rings. The number of hydrogen-bond acceptors (Lipinski definition) is 4. The minimum absolute atomic E-state index is 0.816. The molecule has 0 atom stereocenters. The Balaban J connectivity index is 2.34. The number of hydrogen-bond donors (Lipinski definition) is 1. The van der Waals surface area contributed by atoms with Crippen LogP contribution in [0.25, 0.3) is 10.7 Å². The first-order chi connectivity index (χ1) is 8.22. The molecule has 3 nitrogen and oxygen atoms in total. The lowest BCUT2D eigenvalue weighted by Gasteiger charge is -2.07. The normalized spacial score (nSPS) is 10.5. The van der Waals surface area contributed by atoms with Gasteiger partial charge in [0.25, 0.3) is 0 Å². The minimum Gasteiger partial charge on any atom is -0.369 e. The SMILES string of the molecule is CCCNc1nc(-c2sccc2C)ncc1I. The Kier molecular flexibility index (Phi) is 4.33. The maximum absolute atomic E-state index is 4.59. The monoisotopic (exact) mass is 359 g/mol. The summed E-state index contributed by atoms with van der Waals surface area (Å²) < 4.78 is 1.06. The van der Waals surface area contributed by atoms with Crippen LogP contribution in [-0.4, -0.2) is 16.5 Å². The lowest BCUT2D eigenvalue weighted by molar-refractivity contribution is 0.963. The molecule has 2 rings (SSSR count). The van der Waals surface area contributed by atoms with Crippen LogP contribution in [0.4, 0.5) is 5.82 Å². The summed E-state index contributed by atoms with van der Waals surface area (Å²) >= 11 is 3.95. The first-order valence-corrected chi connectivity index (χ1v) is 7.49. The summed E-state index contributed by atoms with van der Waals surface area (Å²) in [6.45, 7) is 5.17. The molecule has 0 bridgehead atoms. The molecule has 2 aromatic heterocycles. The molecule has 0 saturated carbocycles. The first-order valence-electron chi connectivity index (χ1n) is 5.53. The second-order valence-electron chi connectivity index (χ2n) is 3.75. The van der Waals surface area contributed by atoms with E-state index in [0.29, 0.717) is 0 Å². The van der Waals surface area contributed by atoms with Crippen molar-refractivity contribution in [3.63, 3.8) is 0 Å². The number of halogens is 1. The third kappa shape index (κ3) is 2.95. The summed E-state index contributed by atoms with van der Waals surface area (Å²) in [5, 5.41) is 5.40. The molecular weight excluding hydrogens is 345 g/mol. The molecule has 0 radical (unpaired) electrons. The fourth-order valence-electron chi connectivity index (χ4n) is 1.45. The summed E-state index contributed by atoms with van der Waals surface area (Å²) in [5.74, 6) is 1.75. The molecule has 0 unspecified atom stereocenters. The van der Waals surface area contributed by atoms with Gasteiger partial charge in [0.05, 0.1) is 8.45 Å². The molecule has 2 heterocycles. The van der Waals surface area contributed by atoms with Crippen LogP contribution >= 0.6 is 33.9 Å². The molecule has 0 aliphatic heterocycles. The van der Waals surface area contributed by atoms with Gasteiger partial charge in [0, 0.05) is 12.7 Å². The highest BCUT2D eigenvalue weighted by Crippen LogP contribution is 2.27. The van der Waals surface area contributed by atoms with Crippen molar-refractivity contribution in [1.82, 2.24) is 9.97 Å². The fourth-order valence-corrected chi connectivity index (χ4v) is 2.76. The molecule has 0 fully saturated rings. The predicted octanol–water partition coefficient (Wildman–Crippen LogP) is 3.94. The number of thiophene rings is 1. The van der Waals surface area contributed by atoms with Crippen molar-refractivity contribution >= 4 is 39.7 Å². The van der Waals surface area contributed by atoms with Crippen LogP contribution in [0.5, 0.6) is 0 Å². The Morgan fingerprint density at radius 2 is 2.29 bits per heavy atom. The van der Waals surface area contributed by atoms with Crippen molar-refractivity contribution in [2.75, 3.05) is 11.9 Å². The van der Waals surface area contributed by atoms with Crippen molar-refractivity contribution in [3.8, 4) is 10.7 Å². The lowest BCUT2D eigenvalue weighted by Crippen LogP contribution is -2.05. The van der Waals surface area contributed by atoms with E-state index in [4.69, 9.17) is 0 Å². The molecule has 0 aliphatic carbocycles. The highest BCUT2D eigenvalue weighted by atomic mass is 127. The van der Waals surface area contributed by atoms with Gasteiger partial charge in [-0.15, -0.1) is 11.3 Å². The molecule has 0 aromatic carbocycles. The number of aryl methyl sites for hydroxylation is 1. The van der Waals surface area contributed by atoms with Crippen molar-refractivity contribution in [1.29, 1.82) is 0 Å². The highest BCUT2D eigenvalue weighted by molar-refractivity contribution is 14.1. The van der Waals surface area contributed by atoms with Gasteiger partial charge >= 0.3 is 0 Å². The van der Waals surface area contributed by atoms with Gasteiger partial charge in [-0.25, -0.2) is 9.97 Å². The molecular formula is C12H14IN3S. The second-order valence-corrected chi connectivity index (χ2v) is 5.83. The Bertz CT molecular complexity index is 510. The number of rotatable bonds is 4. The average molecular weight is 359 g/mol. The first kappa shape index (κ1) is 12.8. The smallest absolute Gasteiger partial charge is 0.171 e. The molecule has 1 N–H and O–H groups in total. The van der Waals surface area contributed by atoms with E-state index in [9.17, 15) is 0 Å². The quantitative estimate of drug-likeness (QED) is 0.841. The highest BCUT2D eigenvalue weighted by Gasteiger charge is 2.09. The number of nitrogens with zero attached hydrogens (tertiary/aromatic N) is 2. The van der Waals surface area contributed by atoms with E-state index in [-0.39, 0.29) is 0 Å². The van der Waals surface area contributed by atoms with Gasteiger partial charge in [-0.05, 0) is 52.9 Å². The molecule has 2 aromatic rings. The van der Waals surface area contributed by atoms with Crippen LogP contribution in [0.1, 0.15) is 18.9 Å². The second kappa shape index (κ2) is 5.77. The van der Waals surface area contributed by atoms with Gasteiger partial charge in [-0.1, -0.05) is 6.92 Å². The van der Waals surface area contributed by atoms with E-state index >= 15 is 0 Å². The van der Waals surface area contributed by atoms with Crippen LogP contribution in [0.3, 0.4) is 0 Å². The molecule has 5 heteroatoms. The summed E-state index contributed by atoms with van der Waals surface area (Å²) in [6.07, 6.45) is 2.97. The average Bonchev–Trinajstić information content (AvgIpc) is 2.75. The van der Waals surface area contributed by atoms with Crippen LogP contribution in [0.15, 0.2) is 17.6 Å². The van der Waals surface area contributed by atoms with E-state index in [1.54, 1.807) is 11.3 Å². The van der Waals surface area contributed by atoms with Gasteiger partial charge in [-0.2, -0.15) is 0 Å². The Morgan fingerprint density at radius 1 is 1.47 bits per heavy atom. The van der Waals surface area contributed by atoms with E-state index in [1.165, 1.54) is 5.56 Å². The van der Waals surface area contributed by atoms with Gasteiger partial charge in [0.1, 0.15) is 5.82 Å². The Morgan fingerprint density at radius 3 is 2.94 bits per heavy atom. The summed E-state index contributed by atoms with van der Waals surface area (Å²) in [4.78, 5) is 10.1. The van der Waals surface area contributed by atoms with Gasteiger partial charge in [0.15, 0.2) is 5.82 Å². The van der Waals surface area contributed by atoms with Crippen LogP contribution in [-0.2, 0) is 0 Å². The summed E-state index contributed by atoms with van der Waals surface area (Å²) in [5.41, 5.74) is 1.23. The van der Waals surface area contributed by atoms with E-state index in [0.717, 1.165) is 33.1 Å². The zero-order chi connectivity index (χ0) is 12.3.